The Morgan fingerprint density at radius 3 is 2.46 bits per heavy atom. The molecular formula is C21H25N3O4. The lowest BCUT2D eigenvalue weighted by atomic mass is 10.1. The number of hydrogen-bond acceptors (Lipinski definition) is 5. The zero-order valence-corrected chi connectivity index (χ0v) is 16.3. The largest absolute Gasteiger partial charge is 0.482 e. The molecule has 0 radical (unpaired) electrons. The Hall–Kier alpha value is -3.06. The Balaban J connectivity index is 1.57. The van der Waals surface area contributed by atoms with Gasteiger partial charge < -0.3 is 25.0 Å². The Labute approximate surface area is 164 Å². The fraction of sp³-hybridized carbons (Fsp3) is 0.333. The van der Waals surface area contributed by atoms with Crippen molar-refractivity contribution in [2.45, 2.75) is 25.7 Å². The van der Waals surface area contributed by atoms with E-state index in [1.807, 2.05) is 56.6 Å². The highest BCUT2D eigenvalue weighted by Crippen LogP contribution is 2.33. The molecular weight excluding hydrogens is 358 g/mol. The minimum absolute atomic E-state index is 0.0913. The summed E-state index contributed by atoms with van der Waals surface area (Å²) in [6.07, 6.45) is -1.12. The first-order chi connectivity index (χ1) is 13.4. The highest BCUT2D eigenvalue weighted by Gasteiger charge is 2.33. The van der Waals surface area contributed by atoms with Crippen molar-refractivity contribution in [1.29, 1.82) is 0 Å². The number of nitrogens with one attached hydrogen (secondary N) is 2. The van der Waals surface area contributed by atoms with Gasteiger partial charge in [0.25, 0.3) is 5.91 Å². The van der Waals surface area contributed by atoms with Crippen molar-refractivity contribution in [3.8, 4) is 11.5 Å². The van der Waals surface area contributed by atoms with Gasteiger partial charge in [0.05, 0.1) is 6.54 Å². The van der Waals surface area contributed by atoms with Crippen molar-refractivity contribution < 1.29 is 19.1 Å². The lowest BCUT2D eigenvalue weighted by Gasteiger charge is -2.31. The molecule has 148 valence electrons. The van der Waals surface area contributed by atoms with Gasteiger partial charge in [-0.2, -0.15) is 0 Å². The van der Waals surface area contributed by atoms with Crippen LogP contribution >= 0.6 is 0 Å². The summed E-state index contributed by atoms with van der Waals surface area (Å²) < 4.78 is 11.6. The molecule has 2 amide bonds. The van der Waals surface area contributed by atoms with Crippen molar-refractivity contribution in [2.75, 3.05) is 26.0 Å². The maximum absolute atomic E-state index is 12.6. The van der Waals surface area contributed by atoms with Crippen LogP contribution in [0.4, 0.5) is 5.69 Å². The van der Waals surface area contributed by atoms with Crippen LogP contribution in [-0.4, -0.2) is 49.6 Å². The zero-order chi connectivity index (χ0) is 20.1. The van der Waals surface area contributed by atoms with Gasteiger partial charge in [0, 0.05) is 12.2 Å². The molecule has 3 rings (SSSR count). The fourth-order valence-corrected chi connectivity index (χ4v) is 2.94. The maximum Gasteiger partial charge on any atom is 0.265 e. The molecule has 0 fully saturated rings. The number of fused-ring (bicyclic) bond motifs is 1. The van der Waals surface area contributed by atoms with Crippen LogP contribution in [-0.2, 0) is 16.1 Å². The number of hydrogen-bond donors (Lipinski definition) is 2. The van der Waals surface area contributed by atoms with Crippen molar-refractivity contribution in [2.24, 2.45) is 0 Å². The van der Waals surface area contributed by atoms with Gasteiger partial charge in [0.15, 0.2) is 11.5 Å². The third kappa shape index (κ3) is 5.01. The van der Waals surface area contributed by atoms with Gasteiger partial charge in [-0.15, -0.1) is 0 Å². The van der Waals surface area contributed by atoms with Crippen LogP contribution < -0.4 is 20.1 Å². The van der Waals surface area contributed by atoms with Crippen LogP contribution in [0.5, 0.6) is 11.5 Å². The molecule has 7 nitrogen and oxygen atoms in total. The predicted molar refractivity (Wildman–Crippen MR) is 106 cm³/mol. The topological polar surface area (TPSA) is 79.9 Å². The SMILES string of the molecule is CC1Oc2ccccc2OC1C(=O)NCc1cccc(NC(=O)CN(C)C)c1. The Bertz CT molecular complexity index is 853. The quantitative estimate of drug-likeness (QED) is 0.798. The Morgan fingerprint density at radius 2 is 1.75 bits per heavy atom. The highest BCUT2D eigenvalue weighted by atomic mass is 16.6. The minimum Gasteiger partial charge on any atom is -0.482 e. The van der Waals surface area contributed by atoms with E-state index in [1.165, 1.54) is 0 Å². The van der Waals surface area contributed by atoms with Crippen molar-refractivity contribution in [1.82, 2.24) is 10.2 Å². The summed E-state index contributed by atoms with van der Waals surface area (Å²) in [7, 11) is 3.67. The van der Waals surface area contributed by atoms with Crippen LogP contribution in [0.15, 0.2) is 48.5 Å². The number of likely N-dealkylation sites (N-methyl/N-ethyl adjacent to an activating group) is 1. The molecule has 2 N–H and O–H groups in total. The monoisotopic (exact) mass is 383 g/mol. The van der Waals surface area contributed by atoms with Crippen LogP contribution in [0, 0.1) is 0 Å². The first-order valence-electron chi connectivity index (χ1n) is 9.16. The second-order valence-corrected chi connectivity index (χ2v) is 7.01. The van der Waals surface area contributed by atoms with Crippen LogP contribution in [0.1, 0.15) is 12.5 Å². The minimum atomic E-state index is -0.724. The van der Waals surface area contributed by atoms with Gasteiger partial charge in [-0.25, -0.2) is 0 Å². The molecule has 0 saturated carbocycles. The van der Waals surface area contributed by atoms with E-state index in [-0.39, 0.29) is 11.8 Å². The molecule has 1 aliphatic heterocycles. The highest BCUT2D eigenvalue weighted by molar-refractivity contribution is 5.92. The molecule has 28 heavy (non-hydrogen) atoms. The number of benzene rings is 2. The van der Waals surface area contributed by atoms with E-state index >= 15 is 0 Å². The second kappa shape index (κ2) is 8.75. The van der Waals surface area contributed by atoms with Gasteiger partial charge in [-0.1, -0.05) is 24.3 Å². The van der Waals surface area contributed by atoms with E-state index in [1.54, 1.807) is 17.9 Å². The lowest BCUT2D eigenvalue weighted by molar-refractivity contribution is -0.133. The first kappa shape index (κ1) is 19.7. The van der Waals surface area contributed by atoms with Crippen molar-refractivity contribution >= 4 is 17.5 Å². The van der Waals surface area contributed by atoms with Crippen molar-refractivity contribution in [3.05, 3.63) is 54.1 Å². The summed E-state index contributed by atoms with van der Waals surface area (Å²) >= 11 is 0. The summed E-state index contributed by atoms with van der Waals surface area (Å²) in [5, 5.41) is 5.72. The van der Waals surface area contributed by atoms with Gasteiger partial charge in [0.1, 0.15) is 6.10 Å². The summed E-state index contributed by atoms with van der Waals surface area (Å²) in [6, 6.07) is 14.7. The lowest BCUT2D eigenvalue weighted by Crippen LogP contribution is -2.48. The summed E-state index contributed by atoms with van der Waals surface area (Å²) in [5.74, 6) is 0.863. The number of ether oxygens (including phenoxy) is 2. The average molecular weight is 383 g/mol. The molecule has 0 bridgehead atoms. The van der Waals surface area contributed by atoms with Gasteiger partial charge >= 0.3 is 0 Å². The fourth-order valence-electron chi connectivity index (χ4n) is 2.94. The second-order valence-electron chi connectivity index (χ2n) is 7.01. The number of amides is 2. The standard InChI is InChI=1S/C21H25N3O4/c1-14-20(28-18-10-5-4-9-17(18)27-14)21(26)22-12-15-7-6-8-16(11-15)23-19(25)13-24(2)3/h4-11,14,20H,12-13H2,1-3H3,(H,22,26)(H,23,25). The molecule has 0 spiro atoms. The molecule has 0 aromatic heterocycles. The van der Waals surface area contributed by atoms with Crippen LogP contribution in [0.25, 0.3) is 0 Å². The number of para-hydroxylation sites is 2. The van der Waals surface area contributed by atoms with E-state index in [4.69, 9.17) is 9.47 Å². The number of rotatable bonds is 6. The molecule has 2 unspecified atom stereocenters. The zero-order valence-electron chi connectivity index (χ0n) is 16.3. The van der Waals surface area contributed by atoms with E-state index in [0.29, 0.717) is 30.3 Å². The average Bonchev–Trinajstić information content (AvgIpc) is 2.65. The van der Waals surface area contributed by atoms with Gasteiger partial charge in [0.2, 0.25) is 12.0 Å². The molecule has 2 aromatic carbocycles. The van der Waals surface area contributed by atoms with E-state index in [2.05, 4.69) is 10.6 Å². The number of carbonyl (C=O) groups excluding carboxylic acids is 2. The van der Waals surface area contributed by atoms with Crippen LogP contribution in [0.3, 0.4) is 0 Å². The Kier molecular flexibility index (Phi) is 6.16. The third-order valence-corrected chi connectivity index (χ3v) is 4.24. The van der Waals surface area contributed by atoms with E-state index < -0.39 is 12.2 Å². The van der Waals surface area contributed by atoms with Gasteiger partial charge in [-0.05, 0) is 50.8 Å². The molecule has 7 heteroatoms. The molecule has 0 saturated heterocycles. The molecule has 1 heterocycles. The maximum atomic E-state index is 12.6. The molecule has 2 atom stereocenters. The normalized spacial score (nSPS) is 17.9. The first-order valence-corrected chi connectivity index (χ1v) is 9.16. The number of nitrogens with zero attached hydrogens (tertiary/aromatic N) is 1. The summed E-state index contributed by atoms with van der Waals surface area (Å²) in [5.41, 5.74) is 1.57. The smallest absolute Gasteiger partial charge is 0.265 e. The van der Waals surface area contributed by atoms with Crippen molar-refractivity contribution in [3.63, 3.8) is 0 Å². The Morgan fingerprint density at radius 1 is 1.04 bits per heavy atom. The van der Waals surface area contributed by atoms with E-state index in [0.717, 1.165) is 5.56 Å². The van der Waals surface area contributed by atoms with E-state index in [9.17, 15) is 9.59 Å². The number of carbonyl (C=O) groups is 2. The molecule has 1 aliphatic rings. The number of anilines is 1. The predicted octanol–water partition coefficient (Wildman–Crippen LogP) is 2.03. The summed E-state index contributed by atoms with van der Waals surface area (Å²) in [4.78, 5) is 26.3. The molecule has 0 aliphatic carbocycles. The van der Waals surface area contributed by atoms with Gasteiger partial charge in [-0.3, -0.25) is 9.59 Å². The summed E-state index contributed by atoms with van der Waals surface area (Å²) in [6.45, 7) is 2.44. The molecule has 2 aromatic rings. The van der Waals surface area contributed by atoms with Crippen LogP contribution in [0.2, 0.25) is 0 Å². The third-order valence-electron chi connectivity index (χ3n) is 4.24.